The number of fused-ring (bicyclic) bond motifs is 1. The molecule has 2 aromatic heterocycles. The van der Waals surface area contributed by atoms with Crippen LogP contribution < -0.4 is 4.74 Å². The first-order valence-electron chi connectivity index (χ1n) is 3.84. The normalized spacial score (nSPS) is 10.5. The predicted octanol–water partition coefficient (Wildman–Crippen LogP) is 0.229. The molecule has 0 amide bonds. The minimum absolute atomic E-state index is 0.0362. The van der Waals surface area contributed by atoms with Crippen LogP contribution in [-0.4, -0.2) is 31.3 Å². The molecule has 2 aromatic rings. The Hall–Kier alpha value is -1.85. The molecule has 0 spiro atoms. The van der Waals surface area contributed by atoms with E-state index in [9.17, 15) is 5.11 Å². The van der Waals surface area contributed by atoms with E-state index >= 15 is 0 Å². The molecule has 0 fully saturated rings. The van der Waals surface area contributed by atoms with Gasteiger partial charge in [0.1, 0.15) is 6.33 Å². The van der Waals surface area contributed by atoms with Crippen LogP contribution in [-0.2, 0) is 0 Å². The third-order valence-electron chi connectivity index (χ3n) is 1.50. The Bertz CT molecular complexity index is 425. The molecule has 6 nitrogen and oxygen atoms in total. The maximum atomic E-state index is 9.41. The van der Waals surface area contributed by atoms with E-state index in [0.29, 0.717) is 18.3 Å². The van der Waals surface area contributed by atoms with E-state index in [-0.39, 0.29) is 5.88 Å². The Morgan fingerprint density at radius 2 is 2.46 bits per heavy atom. The Morgan fingerprint density at radius 3 is 3.23 bits per heavy atom. The van der Waals surface area contributed by atoms with Gasteiger partial charge in [-0.05, 0) is 6.92 Å². The van der Waals surface area contributed by atoms with E-state index in [0.717, 1.165) is 0 Å². The van der Waals surface area contributed by atoms with Gasteiger partial charge in [0, 0.05) is 0 Å². The van der Waals surface area contributed by atoms with Gasteiger partial charge in [-0.1, -0.05) is 0 Å². The van der Waals surface area contributed by atoms with Gasteiger partial charge in [-0.25, -0.2) is 0 Å². The van der Waals surface area contributed by atoms with Crippen LogP contribution in [0.1, 0.15) is 6.92 Å². The highest BCUT2D eigenvalue weighted by Crippen LogP contribution is 2.16. The van der Waals surface area contributed by atoms with Crippen LogP contribution in [0.3, 0.4) is 0 Å². The Labute approximate surface area is 73.8 Å². The van der Waals surface area contributed by atoms with E-state index < -0.39 is 0 Å². The quantitative estimate of drug-likeness (QED) is 0.716. The molecule has 0 aliphatic carbocycles. The zero-order valence-corrected chi connectivity index (χ0v) is 7.01. The van der Waals surface area contributed by atoms with Gasteiger partial charge in [0.15, 0.2) is 0 Å². The molecule has 0 saturated heterocycles. The highest BCUT2D eigenvalue weighted by atomic mass is 16.5. The third kappa shape index (κ3) is 1.26. The summed E-state index contributed by atoms with van der Waals surface area (Å²) in [4.78, 5) is 7.82. The van der Waals surface area contributed by atoms with Crippen molar-refractivity contribution in [2.45, 2.75) is 6.92 Å². The van der Waals surface area contributed by atoms with Crippen LogP contribution in [0.15, 0.2) is 12.4 Å². The van der Waals surface area contributed by atoms with E-state index in [4.69, 9.17) is 4.74 Å². The highest BCUT2D eigenvalue weighted by Gasteiger charge is 2.05. The molecule has 0 aliphatic heterocycles. The van der Waals surface area contributed by atoms with E-state index in [1.54, 1.807) is 0 Å². The first-order chi connectivity index (χ1) is 6.31. The summed E-state index contributed by atoms with van der Waals surface area (Å²) in [5.74, 6) is 0.634. The van der Waals surface area contributed by atoms with Crippen molar-refractivity contribution in [3.63, 3.8) is 0 Å². The largest absolute Gasteiger partial charge is 0.493 e. The summed E-state index contributed by atoms with van der Waals surface area (Å²) >= 11 is 0. The fraction of sp³-hybridized carbons (Fsp3) is 0.286. The summed E-state index contributed by atoms with van der Waals surface area (Å²) < 4.78 is 6.34. The fourth-order valence-corrected chi connectivity index (χ4v) is 0.998. The Kier molecular flexibility index (Phi) is 1.73. The number of nitrogens with zero attached hydrogens (tertiary/aromatic N) is 4. The molecule has 1 N–H and O–H groups in total. The standard InChI is InChI=1S/C7H8N4O2/c1-2-13-5-3-6(12)11-7(10-5)8-4-9-11/h3-4,12H,2H2,1H3. The van der Waals surface area contributed by atoms with Crippen molar-refractivity contribution in [2.24, 2.45) is 0 Å². The molecule has 6 heteroatoms. The topological polar surface area (TPSA) is 72.5 Å². The second kappa shape index (κ2) is 2.89. The second-order valence-electron chi connectivity index (χ2n) is 2.36. The van der Waals surface area contributed by atoms with Gasteiger partial charge in [-0.3, -0.25) is 0 Å². The molecule has 2 rings (SSSR count). The van der Waals surface area contributed by atoms with Crippen LogP contribution >= 0.6 is 0 Å². The van der Waals surface area contributed by atoms with Crippen molar-refractivity contribution in [3.05, 3.63) is 12.4 Å². The smallest absolute Gasteiger partial charge is 0.258 e. The van der Waals surface area contributed by atoms with Gasteiger partial charge >= 0.3 is 0 Å². The van der Waals surface area contributed by atoms with Gasteiger partial charge in [0.2, 0.25) is 11.8 Å². The second-order valence-corrected chi connectivity index (χ2v) is 2.36. The van der Waals surface area contributed by atoms with Crippen molar-refractivity contribution in [2.75, 3.05) is 6.61 Å². The van der Waals surface area contributed by atoms with Crippen molar-refractivity contribution < 1.29 is 9.84 Å². The Morgan fingerprint density at radius 1 is 1.62 bits per heavy atom. The molecule has 0 aromatic carbocycles. The number of ether oxygens (including phenoxy) is 1. The van der Waals surface area contributed by atoms with E-state index in [1.807, 2.05) is 6.92 Å². The van der Waals surface area contributed by atoms with Crippen molar-refractivity contribution in [1.82, 2.24) is 19.6 Å². The van der Waals surface area contributed by atoms with Crippen LogP contribution in [0.2, 0.25) is 0 Å². The summed E-state index contributed by atoms with van der Waals surface area (Å²) in [6, 6.07) is 1.39. The molecule has 0 atom stereocenters. The number of hydrogen-bond acceptors (Lipinski definition) is 5. The Balaban J connectivity index is 2.56. The van der Waals surface area contributed by atoms with Crippen molar-refractivity contribution in [1.29, 1.82) is 0 Å². The number of hydrogen-bond donors (Lipinski definition) is 1. The molecule has 13 heavy (non-hydrogen) atoms. The molecule has 68 valence electrons. The SMILES string of the molecule is CCOc1cc(O)n2ncnc2n1. The zero-order valence-electron chi connectivity index (χ0n) is 7.01. The lowest BCUT2D eigenvalue weighted by molar-refractivity contribution is 0.322. The van der Waals surface area contributed by atoms with Gasteiger partial charge in [-0.2, -0.15) is 19.6 Å². The lowest BCUT2D eigenvalue weighted by Crippen LogP contribution is -1.98. The lowest BCUT2D eigenvalue weighted by atomic mass is 10.6. The molecule has 0 bridgehead atoms. The average Bonchev–Trinajstić information content (AvgIpc) is 2.53. The summed E-state index contributed by atoms with van der Waals surface area (Å²) in [5.41, 5.74) is 0. The minimum atomic E-state index is -0.0362. The summed E-state index contributed by atoms with van der Waals surface area (Å²) in [7, 11) is 0. The minimum Gasteiger partial charge on any atom is -0.493 e. The first-order valence-corrected chi connectivity index (χ1v) is 3.84. The maximum Gasteiger partial charge on any atom is 0.258 e. The maximum absolute atomic E-state index is 9.41. The fourth-order valence-electron chi connectivity index (χ4n) is 0.998. The first kappa shape index (κ1) is 7.78. The zero-order chi connectivity index (χ0) is 9.26. The summed E-state index contributed by atoms with van der Waals surface area (Å²) in [6.45, 7) is 2.34. The van der Waals surface area contributed by atoms with Crippen LogP contribution in [0, 0.1) is 0 Å². The van der Waals surface area contributed by atoms with Crippen LogP contribution in [0.25, 0.3) is 5.78 Å². The van der Waals surface area contributed by atoms with Crippen molar-refractivity contribution >= 4 is 5.78 Å². The molecule has 0 unspecified atom stereocenters. The molecule has 2 heterocycles. The predicted molar refractivity (Wildman–Crippen MR) is 43.6 cm³/mol. The van der Waals surface area contributed by atoms with Crippen molar-refractivity contribution in [3.8, 4) is 11.8 Å². The molecule has 0 aliphatic rings. The summed E-state index contributed by atoms with van der Waals surface area (Å²) in [6.07, 6.45) is 1.32. The number of rotatable bonds is 2. The van der Waals surface area contributed by atoms with Gasteiger partial charge in [-0.15, -0.1) is 0 Å². The molecule has 0 saturated carbocycles. The van der Waals surface area contributed by atoms with Crippen LogP contribution in [0.5, 0.6) is 11.8 Å². The van der Waals surface area contributed by atoms with Crippen LogP contribution in [0.4, 0.5) is 0 Å². The molecular weight excluding hydrogens is 172 g/mol. The third-order valence-corrected chi connectivity index (χ3v) is 1.50. The average molecular weight is 180 g/mol. The molecule has 0 radical (unpaired) electrons. The summed E-state index contributed by atoms with van der Waals surface area (Å²) in [5, 5.41) is 13.2. The number of aromatic nitrogens is 4. The monoisotopic (exact) mass is 180 g/mol. The molecular formula is C7H8N4O2. The van der Waals surface area contributed by atoms with Gasteiger partial charge < -0.3 is 9.84 Å². The highest BCUT2D eigenvalue weighted by molar-refractivity contribution is 5.34. The van der Waals surface area contributed by atoms with Gasteiger partial charge in [0.05, 0.1) is 12.7 Å². The lowest BCUT2D eigenvalue weighted by Gasteiger charge is -2.02. The van der Waals surface area contributed by atoms with Gasteiger partial charge in [0.25, 0.3) is 5.78 Å². The van der Waals surface area contributed by atoms with E-state index in [2.05, 4.69) is 15.1 Å². The van der Waals surface area contributed by atoms with E-state index in [1.165, 1.54) is 16.9 Å². The number of aromatic hydroxyl groups is 1.